The van der Waals surface area contributed by atoms with Crippen LogP contribution < -0.4 is 9.62 Å². The Bertz CT molecular complexity index is 1510. The van der Waals surface area contributed by atoms with Crippen molar-refractivity contribution < 1.29 is 13.2 Å². The van der Waals surface area contributed by atoms with Crippen LogP contribution in [0.15, 0.2) is 101 Å². The summed E-state index contributed by atoms with van der Waals surface area (Å²) in [6, 6.07) is 10.5. The zero-order chi connectivity index (χ0) is 27.1. The van der Waals surface area contributed by atoms with Crippen LogP contribution in [0.3, 0.4) is 0 Å². The van der Waals surface area contributed by atoms with Crippen molar-refractivity contribution in [3.05, 3.63) is 91.6 Å². The summed E-state index contributed by atoms with van der Waals surface area (Å²) in [6.07, 6.45) is 7.69. The summed E-state index contributed by atoms with van der Waals surface area (Å²) in [5.41, 5.74) is 4.46. The van der Waals surface area contributed by atoms with E-state index in [0.29, 0.717) is 60.2 Å². The number of rotatable bonds is 10. The molecule has 0 unspecified atom stereocenters. The van der Waals surface area contributed by atoms with Gasteiger partial charge in [-0.1, -0.05) is 19.2 Å². The Morgan fingerprint density at radius 2 is 1.82 bits per heavy atom. The number of benzene rings is 1. The van der Waals surface area contributed by atoms with E-state index in [0.717, 1.165) is 11.1 Å². The number of morpholine rings is 1. The molecular weight excluding hydrogens is 500 g/mol. The second-order valence-electron chi connectivity index (χ2n) is 8.41. The van der Waals surface area contributed by atoms with Gasteiger partial charge in [0, 0.05) is 42.8 Å². The molecule has 0 saturated carbocycles. The van der Waals surface area contributed by atoms with E-state index < -0.39 is 10.0 Å². The third kappa shape index (κ3) is 6.10. The smallest absolute Gasteiger partial charge is 0.263 e. The molecule has 1 fully saturated rings. The third-order valence-corrected chi connectivity index (χ3v) is 7.32. The molecule has 0 aliphatic carbocycles. The zero-order valence-corrected chi connectivity index (χ0v) is 21.7. The van der Waals surface area contributed by atoms with Crippen molar-refractivity contribution in [2.24, 2.45) is 9.98 Å². The van der Waals surface area contributed by atoms with Crippen molar-refractivity contribution in [2.75, 3.05) is 35.9 Å². The molecule has 194 valence electrons. The quantitative estimate of drug-likeness (QED) is 0.296. The average Bonchev–Trinajstić information content (AvgIpc) is 2.95. The highest BCUT2D eigenvalue weighted by atomic mass is 32.2. The van der Waals surface area contributed by atoms with Gasteiger partial charge < -0.3 is 9.64 Å². The summed E-state index contributed by atoms with van der Waals surface area (Å²) in [4.78, 5) is 18.5. The number of nitrogens with one attached hydrogen (secondary N) is 1. The van der Waals surface area contributed by atoms with Crippen LogP contribution in [0.5, 0.6) is 0 Å². The minimum absolute atomic E-state index is 0.0560. The van der Waals surface area contributed by atoms with Crippen molar-refractivity contribution in [2.45, 2.75) is 4.90 Å². The summed E-state index contributed by atoms with van der Waals surface area (Å²) >= 11 is 0. The van der Waals surface area contributed by atoms with Gasteiger partial charge >= 0.3 is 0 Å². The molecule has 10 heteroatoms. The first-order valence-electron chi connectivity index (χ1n) is 11.7. The number of nitrogens with zero attached hydrogens (tertiary/aromatic N) is 5. The van der Waals surface area contributed by atoms with Gasteiger partial charge in [0.15, 0.2) is 0 Å². The number of aromatic nitrogens is 2. The number of allylic oxidation sites excluding steroid dienone is 3. The molecule has 1 N–H and O–H groups in total. The fraction of sp³-hybridized carbons (Fsp3) is 0.143. The lowest BCUT2D eigenvalue weighted by Crippen LogP contribution is -2.36. The van der Waals surface area contributed by atoms with Gasteiger partial charge in [-0.2, -0.15) is 0 Å². The molecule has 1 aliphatic rings. The van der Waals surface area contributed by atoms with Crippen molar-refractivity contribution in [3.8, 4) is 11.1 Å². The van der Waals surface area contributed by atoms with Crippen LogP contribution in [0.25, 0.3) is 16.7 Å². The molecule has 1 aliphatic heterocycles. The van der Waals surface area contributed by atoms with Crippen LogP contribution in [-0.4, -0.2) is 58.1 Å². The molecule has 0 atom stereocenters. The van der Waals surface area contributed by atoms with Gasteiger partial charge in [0.05, 0.1) is 30.8 Å². The maximum Gasteiger partial charge on any atom is 0.263 e. The molecule has 4 rings (SSSR count). The van der Waals surface area contributed by atoms with E-state index in [1.165, 1.54) is 18.6 Å². The molecule has 3 aromatic rings. The molecular formula is C28H28N6O3S. The van der Waals surface area contributed by atoms with Crippen molar-refractivity contribution in [3.63, 3.8) is 0 Å². The highest BCUT2D eigenvalue weighted by molar-refractivity contribution is 7.92. The minimum atomic E-state index is -3.88. The molecule has 0 radical (unpaired) electrons. The molecule has 3 heterocycles. The third-order valence-electron chi connectivity index (χ3n) is 5.95. The largest absolute Gasteiger partial charge is 0.378 e. The molecule has 0 bridgehead atoms. The van der Waals surface area contributed by atoms with Crippen LogP contribution in [0.1, 0.15) is 5.56 Å². The number of hydrogen-bond donors (Lipinski definition) is 1. The fourth-order valence-electron chi connectivity index (χ4n) is 3.89. The van der Waals surface area contributed by atoms with Crippen molar-refractivity contribution >= 4 is 46.2 Å². The fourth-order valence-corrected chi connectivity index (χ4v) is 4.87. The standard InChI is InChI=1S/C28H28N6O3S/c1-20(9-10-29-3)21(2)26-16-22(5-7-27(26)30-4)23-15-24(18-31-17-23)33-38(35,36)25-6-8-28(32-19-25)34-11-13-37-14-12-34/h5-10,15-19,33H,1-4,11-14H2/b10-9-. The monoisotopic (exact) mass is 528 g/mol. The lowest BCUT2D eigenvalue weighted by atomic mass is 9.95. The molecule has 1 saturated heterocycles. The van der Waals surface area contributed by atoms with Gasteiger partial charge in [0.25, 0.3) is 10.0 Å². The maximum absolute atomic E-state index is 13.1. The second-order valence-corrected chi connectivity index (χ2v) is 10.1. The van der Waals surface area contributed by atoms with E-state index in [1.807, 2.05) is 18.2 Å². The highest BCUT2D eigenvalue weighted by Gasteiger charge is 2.18. The molecule has 38 heavy (non-hydrogen) atoms. The van der Waals surface area contributed by atoms with Gasteiger partial charge in [-0.25, -0.2) is 13.4 Å². The first-order chi connectivity index (χ1) is 18.3. The number of hydrogen-bond acceptors (Lipinski definition) is 8. The first kappa shape index (κ1) is 26.6. The predicted molar refractivity (Wildman–Crippen MR) is 154 cm³/mol. The van der Waals surface area contributed by atoms with Crippen LogP contribution in [0.2, 0.25) is 0 Å². The average molecular weight is 529 g/mol. The van der Waals surface area contributed by atoms with Crippen molar-refractivity contribution in [1.29, 1.82) is 0 Å². The molecule has 2 aromatic heterocycles. The summed E-state index contributed by atoms with van der Waals surface area (Å²) in [5.74, 6) is 0.713. The van der Waals surface area contributed by atoms with Crippen LogP contribution in [-0.2, 0) is 14.8 Å². The predicted octanol–water partition coefficient (Wildman–Crippen LogP) is 4.90. The first-order valence-corrected chi connectivity index (χ1v) is 13.2. The molecule has 1 aromatic carbocycles. The number of pyridine rings is 2. The molecule has 9 nitrogen and oxygen atoms in total. The maximum atomic E-state index is 13.1. The summed E-state index contributed by atoms with van der Waals surface area (Å²) in [6.45, 7) is 17.9. The SMILES string of the molecule is C=N/C=C\C(=C)C(=C)c1cc(-c2cncc(NS(=O)(=O)c3ccc(N4CCOCC4)nc3)c2)ccc1N=C. The Morgan fingerprint density at radius 1 is 1.03 bits per heavy atom. The summed E-state index contributed by atoms with van der Waals surface area (Å²) in [7, 11) is -3.88. The van der Waals surface area contributed by atoms with E-state index in [9.17, 15) is 8.42 Å². The normalized spacial score (nSPS) is 13.7. The Labute approximate surface area is 222 Å². The Kier molecular flexibility index (Phi) is 8.25. The summed E-state index contributed by atoms with van der Waals surface area (Å²) in [5, 5.41) is 0. The number of anilines is 2. The highest BCUT2D eigenvalue weighted by Crippen LogP contribution is 2.34. The van der Waals surface area contributed by atoms with E-state index in [1.54, 1.807) is 30.5 Å². The Hall–Kier alpha value is -4.41. The topological polar surface area (TPSA) is 109 Å². The Morgan fingerprint density at radius 3 is 2.50 bits per heavy atom. The van der Waals surface area contributed by atoms with E-state index in [-0.39, 0.29) is 4.90 Å². The lowest BCUT2D eigenvalue weighted by Gasteiger charge is -2.27. The molecule has 0 amide bonds. The zero-order valence-electron chi connectivity index (χ0n) is 20.9. The van der Waals surface area contributed by atoms with Crippen molar-refractivity contribution in [1.82, 2.24) is 9.97 Å². The second kappa shape index (κ2) is 11.8. The van der Waals surface area contributed by atoms with Crippen LogP contribution >= 0.6 is 0 Å². The van der Waals surface area contributed by atoms with Gasteiger partial charge in [-0.15, -0.1) is 0 Å². The number of ether oxygens (including phenoxy) is 1. The lowest BCUT2D eigenvalue weighted by molar-refractivity contribution is 0.122. The van der Waals surface area contributed by atoms with E-state index >= 15 is 0 Å². The number of sulfonamides is 1. The van der Waals surface area contributed by atoms with Gasteiger partial charge in [0.2, 0.25) is 0 Å². The summed E-state index contributed by atoms with van der Waals surface area (Å²) < 4.78 is 34.1. The minimum Gasteiger partial charge on any atom is -0.378 e. The van der Waals surface area contributed by atoms with Gasteiger partial charge in [-0.3, -0.25) is 19.7 Å². The van der Waals surface area contributed by atoms with E-state index in [2.05, 4.69) is 56.2 Å². The van der Waals surface area contributed by atoms with Crippen LogP contribution in [0.4, 0.5) is 17.2 Å². The van der Waals surface area contributed by atoms with Crippen LogP contribution in [0, 0.1) is 0 Å². The number of aliphatic imine (C=N–C) groups is 2. The van der Waals surface area contributed by atoms with Gasteiger partial charge in [-0.05, 0) is 66.6 Å². The van der Waals surface area contributed by atoms with E-state index in [4.69, 9.17) is 4.74 Å². The molecule has 0 spiro atoms. The Balaban J connectivity index is 1.57. The van der Waals surface area contributed by atoms with Gasteiger partial charge in [0.1, 0.15) is 10.7 Å².